The Labute approximate surface area is 167 Å². The van der Waals surface area contributed by atoms with Crippen LogP contribution in [0.4, 0.5) is 16.3 Å². The minimum absolute atomic E-state index is 0.00513. The third kappa shape index (κ3) is 3.43. The number of fused-ring (bicyclic) bond motifs is 2. The molecule has 0 radical (unpaired) electrons. The molecule has 3 aromatic heterocycles. The third-order valence-electron chi connectivity index (χ3n) is 5.35. The number of nitrogens with two attached hydrogens (primary N) is 1. The summed E-state index contributed by atoms with van der Waals surface area (Å²) in [6.45, 7) is 0.811. The molecule has 3 aromatic rings. The zero-order valence-electron chi connectivity index (χ0n) is 16.0. The molecule has 2 aliphatic rings. The van der Waals surface area contributed by atoms with Crippen LogP contribution < -0.4 is 15.4 Å². The highest BCUT2D eigenvalue weighted by Gasteiger charge is 2.29. The van der Waals surface area contributed by atoms with Crippen LogP contribution in [0, 0.1) is 0 Å². The molecule has 5 rings (SSSR count). The number of anilines is 2. The van der Waals surface area contributed by atoms with Gasteiger partial charge in [-0.1, -0.05) is 6.42 Å². The molecule has 0 spiro atoms. The van der Waals surface area contributed by atoms with Gasteiger partial charge in [-0.25, -0.2) is 19.3 Å². The van der Waals surface area contributed by atoms with Crippen LogP contribution in [0.25, 0.3) is 16.9 Å². The van der Waals surface area contributed by atoms with Crippen molar-refractivity contribution in [2.75, 3.05) is 23.8 Å². The van der Waals surface area contributed by atoms with Crippen LogP contribution in [0.3, 0.4) is 0 Å². The van der Waals surface area contributed by atoms with Crippen molar-refractivity contribution in [3.05, 3.63) is 30.6 Å². The fourth-order valence-electron chi connectivity index (χ4n) is 3.87. The molecule has 2 N–H and O–H groups in total. The van der Waals surface area contributed by atoms with Crippen LogP contribution in [-0.4, -0.2) is 44.9 Å². The minimum atomic E-state index is -0.341. The molecule has 29 heavy (non-hydrogen) atoms. The molecule has 9 nitrogen and oxygen atoms in total. The maximum Gasteiger partial charge on any atom is 0.414 e. The molecule has 0 atom stereocenters. The number of amides is 1. The number of pyridine rings is 1. The summed E-state index contributed by atoms with van der Waals surface area (Å²) in [5.41, 5.74) is 8.46. The molecule has 1 fully saturated rings. The van der Waals surface area contributed by atoms with Gasteiger partial charge in [0.1, 0.15) is 24.2 Å². The summed E-state index contributed by atoms with van der Waals surface area (Å²) in [6, 6.07) is 5.54. The van der Waals surface area contributed by atoms with Gasteiger partial charge in [-0.2, -0.15) is 5.10 Å². The van der Waals surface area contributed by atoms with Crippen LogP contribution in [-0.2, 0) is 4.74 Å². The van der Waals surface area contributed by atoms with Crippen molar-refractivity contribution < 1.29 is 14.3 Å². The highest BCUT2D eigenvalue weighted by Crippen LogP contribution is 2.34. The number of hydrogen-bond donors (Lipinski definition) is 1. The van der Waals surface area contributed by atoms with Gasteiger partial charge < -0.3 is 15.2 Å². The molecular formula is C20H22N6O3. The molecule has 150 valence electrons. The second kappa shape index (κ2) is 7.23. The number of hydrogen-bond acceptors (Lipinski definition) is 7. The standard InChI is InChI=1S/C20H22N6O3/c21-17-12-26-18(23-17)7-6-15(24-26)13-10-16-19(22-11-13)28-9-8-25(16)20(27)29-14-4-2-1-3-5-14/h6-7,10-12,14H,1-5,8-9,21H2. The number of nitrogens with zero attached hydrogens (tertiary/aromatic N) is 5. The van der Waals surface area contributed by atoms with Crippen molar-refractivity contribution >= 4 is 23.2 Å². The van der Waals surface area contributed by atoms with E-state index in [1.54, 1.807) is 21.8 Å². The summed E-state index contributed by atoms with van der Waals surface area (Å²) in [5.74, 6) is 0.830. The molecule has 1 aliphatic heterocycles. The number of carbonyl (C=O) groups is 1. The smallest absolute Gasteiger partial charge is 0.414 e. The Kier molecular flexibility index (Phi) is 4.42. The van der Waals surface area contributed by atoms with Gasteiger partial charge in [0.05, 0.1) is 18.4 Å². The van der Waals surface area contributed by atoms with Crippen molar-refractivity contribution in [3.63, 3.8) is 0 Å². The Balaban J connectivity index is 1.44. The van der Waals surface area contributed by atoms with Gasteiger partial charge in [0, 0.05) is 11.8 Å². The van der Waals surface area contributed by atoms with E-state index in [2.05, 4.69) is 15.1 Å². The second-order valence-electron chi connectivity index (χ2n) is 7.38. The van der Waals surface area contributed by atoms with Crippen molar-refractivity contribution in [1.82, 2.24) is 19.6 Å². The summed E-state index contributed by atoms with van der Waals surface area (Å²) in [5, 5.41) is 4.54. The molecular weight excluding hydrogens is 372 g/mol. The maximum absolute atomic E-state index is 12.8. The van der Waals surface area contributed by atoms with Crippen molar-refractivity contribution in [2.24, 2.45) is 0 Å². The summed E-state index contributed by atoms with van der Waals surface area (Å²) in [4.78, 5) is 23.0. The number of aromatic nitrogens is 4. The van der Waals surface area contributed by atoms with E-state index in [1.165, 1.54) is 6.42 Å². The average Bonchev–Trinajstić information content (AvgIpc) is 3.12. The van der Waals surface area contributed by atoms with Gasteiger partial charge in [0.2, 0.25) is 5.88 Å². The Morgan fingerprint density at radius 2 is 2.10 bits per heavy atom. The Bertz CT molecular complexity index is 1060. The van der Waals surface area contributed by atoms with Crippen LogP contribution in [0.15, 0.2) is 30.6 Å². The molecule has 0 saturated heterocycles. The largest absolute Gasteiger partial charge is 0.474 e. The van der Waals surface area contributed by atoms with Crippen LogP contribution in [0.1, 0.15) is 32.1 Å². The lowest BCUT2D eigenvalue weighted by molar-refractivity contribution is 0.0792. The number of ether oxygens (including phenoxy) is 2. The Hall–Kier alpha value is -3.36. The quantitative estimate of drug-likeness (QED) is 0.712. The molecule has 0 bridgehead atoms. The van der Waals surface area contributed by atoms with Gasteiger partial charge in [-0.05, 0) is 43.9 Å². The van der Waals surface area contributed by atoms with Crippen molar-refractivity contribution in [2.45, 2.75) is 38.2 Å². The van der Waals surface area contributed by atoms with Gasteiger partial charge in [-0.3, -0.25) is 4.90 Å². The summed E-state index contributed by atoms with van der Waals surface area (Å²) < 4.78 is 13.0. The first-order valence-corrected chi connectivity index (χ1v) is 9.91. The lowest BCUT2D eigenvalue weighted by Gasteiger charge is -2.30. The molecule has 1 amide bonds. The third-order valence-corrected chi connectivity index (χ3v) is 5.35. The highest BCUT2D eigenvalue weighted by atomic mass is 16.6. The first-order chi connectivity index (χ1) is 14.2. The van der Waals surface area contributed by atoms with Crippen LogP contribution in [0.2, 0.25) is 0 Å². The number of rotatable bonds is 2. The van der Waals surface area contributed by atoms with Gasteiger partial charge in [0.25, 0.3) is 0 Å². The topological polar surface area (TPSA) is 108 Å². The number of nitrogen functional groups attached to an aromatic ring is 1. The van der Waals surface area contributed by atoms with Crippen molar-refractivity contribution in [3.8, 4) is 17.1 Å². The Morgan fingerprint density at radius 1 is 1.24 bits per heavy atom. The van der Waals surface area contributed by atoms with E-state index in [-0.39, 0.29) is 12.2 Å². The first kappa shape index (κ1) is 17.7. The lowest BCUT2D eigenvalue weighted by Crippen LogP contribution is -2.40. The van der Waals surface area contributed by atoms with E-state index < -0.39 is 0 Å². The summed E-state index contributed by atoms with van der Waals surface area (Å²) in [6.07, 6.45) is 8.28. The fraction of sp³-hybridized carbons (Fsp3) is 0.400. The molecule has 0 aromatic carbocycles. The highest BCUT2D eigenvalue weighted by molar-refractivity contribution is 5.90. The van der Waals surface area contributed by atoms with E-state index in [0.29, 0.717) is 41.9 Å². The predicted molar refractivity (Wildman–Crippen MR) is 107 cm³/mol. The zero-order valence-corrected chi connectivity index (χ0v) is 16.0. The minimum Gasteiger partial charge on any atom is -0.474 e. The van der Waals surface area contributed by atoms with Crippen LogP contribution in [0.5, 0.6) is 5.88 Å². The lowest BCUT2D eigenvalue weighted by atomic mass is 9.98. The zero-order chi connectivity index (χ0) is 19.8. The average molecular weight is 394 g/mol. The normalized spacial score (nSPS) is 17.0. The predicted octanol–water partition coefficient (Wildman–Crippen LogP) is 3.04. The maximum atomic E-state index is 12.8. The van der Waals surface area contributed by atoms with E-state index in [9.17, 15) is 4.79 Å². The first-order valence-electron chi connectivity index (χ1n) is 9.91. The van der Waals surface area contributed by atoms with Crippen LogP contribution >= 0.6 is 0 Å². The Morgan fingerprint density at radius 3 is 2.97 bits per heavy atom. The van der Waals surface area contributed by atoms with Gasteiger partial charge in [-0.15, -0.1) is 0 Å². The van der Waals surface area contributed by atoms with E-state index in [1.807, 2.05) is 18.2 Å². The van der Waals surface area contributed by atoms with Crippen molar-refractivity contribution in [1.29, 1.82) is 0 Å². The second-order valence-corrected chi connectivity index (χ2v) is 7.38. The van der Waals surface area contributed by atoms with Gasteiger partial charge in [0.15, 0.2) is 5.65 Å². The SMILES string of the molecule is Nc1cn2nc(-c3cnc4c(c3)N(C(=O)OC3CCCCC3)CCO4)ccc2n1. The van der Waals surface area contributed by atoms with Gasteiger partial charge >= 0.3 is 6.09 Å². The molecule has 1 saturated carbocycles. The van der Waals surface area contributed by atoms with E-state index in [0.717, 1.165) is 31.2 Å². The molecule has 1 aliphatic carbocycles. The molecule has 9 heteroatoms. The summed E-state index contributed by atoms with van der Waals surface area (Å²) >= 11 is 0. The summed E-state index contributed by atoms with van der Waals surface area (Å²) in [7, 11) is 0. The number of imidazole rings is 1. The van der Waals surface area contributed by atoms with E-state index in [4.69, 9.17) is 15.2 Å². The number of carbonyl (C=O) groups excluding carboxylic acids is 1. The fourth-order valence-corrected chi connectivity index (χ4v) is 3.87. The monoisotopic (exact) mass is 394 g/mol. The molecule has 4 heterocycles. The van der Waals surface area contributed by atoms with E-state index >= 15 is 0 Å². The molecule has 0 unspecified atom stereocenters.